The summed E-state index contributed by atoms with van der Waals surface area (Å²) in [4.78, 5) is 11.8. The average molecular weight is 221 g/mol. The molecule has 16 heavy (non-hydrogen) atoms. The summed E-state index contributed by atoms with van der Waals surface area (Å²) in [5.41, 5.74) is 1.41. The zero-order valence-corrected chi connectivity index (χ0v) is 10.5. The van der Waals surface area contributed by atoms with Crippen LogP contribution in [0.4, 0.5) is 5.69 Å². The minimum absolute atomic E-state index is 0.0188. The lowest BCUT2D eigenvalue weighted by Crippen LogP contribution is -2.27. The van der Waals surface area contributed by atoms with Gasteiger partial charge in [0, 0.05) is 5.41 Å². The maximum Gasteiger partial charge on any atom is 0.229 e. The number of carbonyl (C=O) groups is 1. The molecule has 0 aliphatic heterocycles. The van der Waals surface area contributed by atoms with Crippen molar-refractivity contribution >= 4 is 11.6 Å². The molecule has 0 bridgehead atoms. The quantitative estimate of drug-likeness (QED) is 0.833. The van der Waals surface area contributed by atoms with Crippen molar-refractivity contribution in [3.63, 3.8) is 0 Å². The Bertz CT molecular complexity index is 391. The summed E-state index contributed by atoms with van der Waals surface area (Å²) < 4.78 is 5.22. The van der Waals surface area contributed by atoms with Crippen molar-refractivity contribution in [3.8, 4) is 5.75 Å². The van der Waals surface area contributed by atoms with Crippen LogP contribution in [0.2, 0.25) is 0 Å². The van der Waals surface area contributed by atoms with E-state index in [9.17, 15) is 4.79 Å². The fraction of sp³-hybridized carbons (Fsp3) is 0.462. The van der Waals surface area contributed by atoms with Gasteiger partial charge in [-0.1, -0.05) is 26.8 Å². The van der Waals surface area contributed by atoms with Crippen LogP contribution in [0.3, 0.4) is 0 Å². The first kappa shape index (κ1) is 12.6. The van der Waals surface area contributed by atoms with E-state index in [0.717, 1.165) is 5.56 Å². The third kappa shape index (κ3) is 2.99. The number of hydrogen-bond donors (Lipinski definition) is 1. The number of carbonyl (C=O) groups excluding carboxylic acids is 1. The number of amides is 1. The highest BCUT2D eigenvalue weighted by Gasteiger charge is 2.22. The SMILES string of the molecule is COc1cc(C)ccc1NC(=O)C(C)(C)C. The van der Waals surface area contributed by atoms with Gasteiger partial charge in [-0.05, 0) is 24.6 Å². The molecular weight excluding hydrogens is 202 g/mol. The van der Waals surface area contributed by atoms with Crippen LogP contribution in [-0.4, -0.2) is 13.0 Å². The van der Waals surface area contributed by atoms with E-state index in [1.54, 1.807) is 7.11 Å². The van der Waals surface area contributed by atoms with Crippen LogP contribution >= 0.6 is 0 Å². The molecule has 0 aromatic heterocycles. The molecule has 0 heterocycles. The largest absolute Gasteiger partial charge is 0.495 e. The van der Waals surface area contributed by atoms with Crippen molar-refractivity contribution in [1.82, 2.24) is 0 Å². The third-order valence-corrected chi connectivity index (χ3v) is 2.29. The number of ether oxygens (including phenoxy) is 1. The molecule has 0 atom stereocenters. The molecule has 0 fully saturated rings. The van der Waals surface area contributed by atoms with Crippen molar-refractivity contribution in [1.29, 1.82) is 0 Å². The number of benzene rings is 1. The van der Waals surface area contributed by atoms with E-state index in [-0.39, 0.29) is 5.91 Å². The number of hydrogen-bond acceptors (Lipinski definition) is 2. The Kier molecular flexibility index (Phi) is 3.58. The molecule has 1 amide bonds. The van der Waals surface area contributed by atoms with Gasteiger partial charge in [0.15, 0.2) is 0 Å². The van der Waals surface area contributed by atoms with E-state index in [1.165, 1.54) is 0 Å². The molecule has 1 N–H and O–H groups in total. The van der Waals surface area contributed by atoms with Gasteiger partial charge < -0.3 is 10.1 Å². The molecule has 0 radical (unpaired) electrons. The van der Waals surface area contributed by atoms with Crippen molar-refractivity contribution in [2.24, 2.45) is 5.41 Å². The Labute approximate surface area is 96.8 Å². The fourth-order valence-corrected chi connectivity index (χ4v) is 1.21. The lowest BCUT2D eigenvalue weighted by atomic mass is 9.95. The van der Waals surface area contributed by atoms with E-state index >= 15 is 0 Å². The normalized spacial score (nSPS) is 11.1. The number of anilines is 1. The Hall–Kier alpha value is -1.51. The molecule has 3 heteroatoms. The molecule has 1 rings (SSSR count). The second-order valence-corrected chi connectivity index (χ2v) is 4.91. The van der Waals surface area contributed by atoms with E-state index in [2.05, 4.69) is 5.32 Å². The van der Waals surface area contributed by atoms with Crippen molar-refractivity contribution in [2.45, 2.75) is 27.7 Å². The first-order valence-corrected chi connectivity index (χ1v) is 5.30. The minimum atomic E-state index is -0.407. The van der Waals surface area contributed by atoms with Crippen LogP contribution < -0.4 is 10.1 Å². The maximum atomic E-state index is 11.8. The Morgan fingerprint density at radius 1 is 1.31 bits per heavy atom. The summed E-state index contributed by atoms with van der Waals surface area (Å²) in [5, 5.41) is 2.86. The fourth-order valence-electron chi connectivity index (χ4n) is 1.21. The lowest BCUT2D eigenvalue weighted by molar-refractivity contribution is -0.123. The summed E-state index contributed by atoms with van der Waals surface area (Å²) >= 11 is 0. The van der Waals surface area contributed by atoms with Crippen molar-refractivity contribution in [2.75, 3.05) is 12.4 Å². The van der Waals surface area contributed by atoms with Gasteiger partial charge >= 0.3 is 0 Å². The molecule has 0 saturated carbocycles. The van der Waals surface area contributed by atoms with E-state index in [0.29, 0.717) is 11.4 Å². The summed E-state index contributed by atoms with van der Waals surface area (Å²) in [5.74, 6) is 0.673. The van der Waals surface area contributed by atoms with E-state index in [1.807, 2.05) is 45.9 Å². The van der Waals surface area contributed by atoms with Crippen molar-refractivity contribution in [3.05, 3.63) is 23.8 Å². The maximum absolute atomic E-state index is 11.8. The van der Waals surface area contributed by atoms with Crippen LogP contribution in [0.25, 0.3) is 0 Å². The highest BCUT2D eigenvalue weighted by atomic mass is 16.5. The predicted octanol–water partition coefficient (Wildman–Crippen LogP) is 2.99. The molecule has 3 nitrogen and oxygen atoms in total. The van der Waals surface area contributed by atoms with Gasteiger partial charge in [0.1, 0.15) is 5.75 Å². The zero-order chi connectivity index (χ0) is 12.3. The highest BCUT2D eigenvalue weighted by Crippen LogP contribution is 2.27. The molecule has 1 aromatic rings. The van der Waals surface area contributed by atoms with Crippen LogP contribution in [0, 0.1) is 12.3 Å². The molecular formula is C13H19NO2. The molecule has 0 unspecified atom stereocenters. The number of aryl methyl sites for hydroxylation is 1. The summed E-state index contributed by atoms with van der Waals surface area (Å²) in [7, 11) is 1.60. The number of methoxy groups -OCH3 is 1. The second kappa shape index (κ2) is 4.56. The predicted molar refractivity (Wildman–Crippen MR) is 65.8 cm³/mol. The lowest BCUT2D eigenvalue weighted by Gasteiger charge is -2.19. The first-order chi connectivity index (χ1) is 7.34. The standard InChI is InChI=1S/C13H19NO2/c1-9-6-7-10(11(8-9)16-5)14-12(15)13(2,3)4/h6-8H,1-5H3,(H,14,15). The van der Waals surface area contributed by atoms with Gasteiger partial charge in [0.05, 0.1) is 12.8 Å². The summed E-state index contributed by atoms with van der Waals surface area (Å²) in [6, 6.07) is 5.71. The Balaban J connectivity index is 2.93. The molecule has 88 valence electrons. The smallest absolute Gasteiger partial charge is 0.229 e. The van der Waals surface area contributed by atoms with Gasteiger partial charge in [-0.2, -0.15) is 0 Å². The molecule has 0 saturated heterocycles. The molecule has 0 aliphatic carbocycles. The summed E-state index contributed by atoms with van der Waals surface area (Å²) in [6.45, 7) is 7.62. The molecule has 0 aliphatic rings. The first-order valence-electron chi connectivity index (χ1n) is 5.30. The van der Waals surface area contributed by atoms with Gasteiger partial charge in [-0.25, -0.2) is 0 Å². The van der Waals surface area contributed by atoms with Gasteiger partial charge in [0.2, 0.25) is 5.91 Å². The van der Waals surface area contributed by atoms with Gasteiger partial charge in [-0.15, -0.1) is 0 Å². The topological polar surface area (TPSA) is 38.3 Å². The van der Waals surface area contributed by atoms with Crippen LogP contribution in [-0.2, 0) is 4.79 Å². The molecule has 0 spiro atoms. The van der Waals surface area contributed by atoms with Crippen LogP contribution in [0.15, 0.2) is 18.2 Å². The van der Waals surface area contributed by atoms with E-state index in [4.69, 9.17) is 4.74 Å². The third-order valence-electron chi connectivity index (χ3n) is 2.29. The van der Waals surface area contributed by atoms with Crippen molar-refractivity contribution < 1.29 is 9.53 Å². The average Bonchev–Trinajstić information content (AvgIpc) is 2.19. The Morgan fingerprint density at radius 3 is 2.44 bits per heavy atom. The van der Waals surface area contributed by atoms with Crippen LogP contribution in [0.1, 0.15) is 26.3 Å². The highest BCUT2D eigenvalue weighted by molar-refractivity contribution is 5.95. The second-order valence-electron chi connectivity index (χ2n) is 4.91. The number of rotatable bonds is 2. The van der Waals surface area contributed by atoms with E-state index < -0.39 is 5.41 Å². The number of nitrogens with one attached hydrogen (secondary N) is 1. The zero-order valence-electron chi connectivity index (χ0n) is 10.5. The minimum Gasteiger partial charge on any atom is -0.495 e. The van der Waals surface area contributed by atoms with Gasteiger partial charge in [0.25, 0.3) is 0 Å². The Morgan fingerprint density at radius 2 is 1.94 bits per heavy atom. The monoisotopic (exact) mass is 221 g/mol. The van der Waals surface area contributed by atoms with Gasteiger partial charge in [-0.3, -0.25) is 4.79 Å². The van der Waals surface area contributed by atoms with Crippen LogP contribution in [0.5, 0.6) is 5.75 Å². The summed E-state index contributed by atoms with van der Waals surface area (Å²) in [6.07, 6.45) is 0. The molecule has 1 aromatic carbocycles.